The highest BCUT2D eigenvalue weighted by Gasteiger charge is 2.27. The summed E-state index contributed by atoms with van der Waals surface area (Å²) in [5.74, 6) is -1.22. The molecule has 0 fully saturated rings. The fraction of sp³-hybridized carbons (Fsp3) is 0.0714. The van der Waals surface area contributed by atoms with Crippen molar-refractivity contribution >= 4 is 25.9 Å². The molecular weight excluding hydrogens is 344 g/mol. The van der Waals surface area contributed by atoms with Gasteiger partial charge in [0.1, 0.15) is 4.90 Å². The Balaban J connectivity index is 2.69. The number of rotatable bonds is 4. The van der Waals surface area contributed by atoms with Gasteiger partial charge in [-0.05, 0) is 48.9 Å². The fourth-order valence-corrected chi connectivity index (χ4v) is 4.56. The minimum absolute atomic E-state index is 0.108. The smallest absolute Gasteiger partial charge is 0.335 e. The first kappa shape index (κ1) is 17.1. The first-order valence-electron chi connectivity index (χ1n) is 6.20. The Labute approximate surface area is 132 Å². The summed E-state index contributed by atoms with van der Waals surface area (Å²) < 4.78 is 57.2. The van der Waals surface area contributed by atoms with Crippen LogP contribution in [0.15, 0.2) is 57.2 Å². The Bertz CT molecular complexity index is 972. The lowest BCUT2D eigenvalue weighted by Crippen LogP contribution is -2.10. The van der Waals surface area contributed by atoms with E-state index in [1.165, 1.54) is 6.07 Å². The predicted octanol–water partition coefficient (Wildman–Crippen LogP) is 1.77. The molecule has 2 N–H and O–H groups in total. The van der Waals surface area contributed by atoms with Crippen LogP contribution in [0.25, 0.3) is 0 Å². The van der Waals surface area contributed by atoms with Crippen molar-refractivity contribution < 1.29 is 31.3 Å². The van der Waals surface area contributed by atoms with Crippen molar-refractivity contribution in [3.63, 3.8) is 0 Å². The number of hydrogen-bond acceptors (Lipinski definition) is 5. The molecule has 0 spiro atoms. The molecule has 0 saturated carbocycles. The molecule has 0 radical (unpaired) electrons. The summed E-state index contributed by atoms with van der Waals surface area (Å²) in [7, 11) is -8.99. The third-order valence-electron chi connectivity index (χ3n) is 3.08. The molecule has 122 valence electrons. The summed E-state index contributed by atoms with van der Waals surface area (Å²) in [5, 5.41) is 8.82. The zero-order valence-electron chi connectivity index (χ0n) is 11.8. The van der Waals surface area contributed by atoms with Gasteiger partial charge in [-0.1, -0.05) is 6.07 Å². The van der Waals surface area contributed by atoms with E-state index in [9.17, 15) is 26.2 Å². The van der Waals surface area contributed by atoms with E-state index in [-0.39, 0.29) is 10.5 Å². The highest BCUT2D eigenvalue weighted by Crippen LogP contribution is 2.28. The first-order valence-corrected chi connectivity index (χ1v) is 9.12. The van der Waals surface area contributed by atoms with Crippen molar-refractivity contribution in [1.82, 2.24) is 0 Å². The van der Waals surface area contributed by atoms with E-state index in [0.717, 1.165) is 36.4 Å². The van der Waals surface area contributed by atoms with Crippen molar-refractivity contribution in [2.24, 2.45) is 0 Å². The van der Waals surface area contributed by atoms with Gasteiger partial charge in [0.05, 0.1) is 15.4 Å². The summed E-state index contributed by atoms with van der Waals surface area (Å²) >= 11 is 0. The summed E-state index contributed by atoms with van der Waals surface area (Å²) in [6.45, 7) is 1.57. The number of hydrogen-bond donors (Lipinski definition) is 2. The van der Waals surface area contributed by atoms with E-state index in [1.807, 2.05) is 0 Å². The quantitative estimate of drug-likeness (QED) is 0.800. The minimum atomic E-state index is -4.74. The van der Waals surface area contributed by atoms with Crippen LogP contribution in [-0.2, 0) is 20.0 Å². The number of aryl methyl sites for hydroxylation is 1. The monoisotopic (exact) mass is 356 g/mol. The Morgan fingerprint density at radius 1 is 0.913 bits per heavy atom. The van der Waals surface area contributed by atoms with E-state index < -0.39 is 35.7 Å². The Kier molecular flexibility index (Phi) is 4.29. The topological polar surface area (TPSA) is 126 Å². The molecule has 0 amide bonds. The molecule has 2 rings (SSSR count). The zero-order chi connectivity index (χ0) is 17.4. The summed E-state index contributed by atoms with van der Waals surface area (Å²) in [5.41, 5.74) is 0.376. The molecule has 2 aromatic rings. The van der Waals surface area contributed by atoms with Crippen LogP contribution in [0, 0.1) is 6.92 Å². The van der Waals surface area contributed by atoms with Crippen LogP contribution < -0.4 is 0 Å². The van der Waals surface area contributed by atoms with Gasteiger partial charge in [-0.2, -0.15) is 8.42 Å². The molecule has 0 atom stereocenters. The van der Waals surface area contributed by atoms with Crippen LogP contribution in [0.5, 0.6) is 0 Å². The lowest BCUT2D eigenvalue weighted by atomic mass is 10.2. The molecule has 23 heavy (non-hydrogen) atoms. The fourth-order valence-electron chi connectivity index (χ4n) is 1.94. The van der Waals surface area contributed by atoms with E-state index in [2.05, 4.69) is 0 Å². The van der Waals surface area contributed by atoms with Crippen molar-refractivity contribution in [3.05, 3.63) is 53.6 Å². The molecule has 2 aromatic carbocycles. The Hall–Kier alpha value is -2.23. The van der Waals surface area contributed by atoms with Gasteiger partial charge in [0.2, 0.25) is 9.84 Å². The maximum Gasteiger partial charge on any atom is 0.335 e. The van der Waals surface area contributed by atoms with Crippen LogP contribution in [0.1, 0.15) is 15.9 Å². The van der Waals surface area contributed by atoms with Crippen molar-refractivity contribution in [2.45, 2.75) is 21.6 Å². The number of aromatic carboxylic acids is 1. The highest BCUT2D eigenvalue weighted by molar-refractivity contribution is 7.92. The van der Waals surface area contributed by atoms with Crippen molar-refractivity contribution in [3.8, 4) is 0 Å². The summed E-state index contributed by atoms with van der Waals surface area (Å²) in [6.07, 6.45) is 0. The van der Waals surface area contributed by atoms with E-state index in [0.29, 0.717) is 5.56 Å². The average molecular weight is 356 g/mol. The molecule has 0 heterocycles. The molecule has 0 saturated heterocycles. The number of benzene rings is 2. The van der Waals surface area contributed by atoms with E-state index >= 15 is 0 Å². The molecular formula is C14H12O7S2. The van der Waals surface area contributed by atoms with Crippen LogP contribution in [0.4, 0.5) is 0 Å². The maximum atomic E-state index is 12.6. The largest absolute Gasteiger partial charge is 0.478 e. The number of carboxylic acids is 1. The van der Waals surface area contributed by atoms with Crippen LogP contribution >= 0.6 is 0 Å². The standard InChI is InChI=1S/C14H12O7S2/c1-9-2-7-12(23(19,20)21)13(8-9)22(17,18)11-5-3-10(4-6-11)14(15)16/h2-8H,1H3,(H,15,16)(H,19,20,21). The highest BCUT2D eigenvalue weighted by atomic mass is 32.2. The van der Waals surface area contributed by atoms with Gasteiger partial charge in [-0.25, -0.2) is 13.2 Å². The van der Waals surface area contributed by atoms with E-state index in [1.54, 1.807) is 6.92 Å². The summed E-state index contributed by atoms with van der Waals surface area (Å²) in [4.78, 5) is 9.22. The van der Waals surface area contributed by atoms with Crippen LogP contribution in [-0.4, -0.2) is 32.5 Å². The number of sulfone groups is 1. The molecule has 0 bridgehead atoms. The van der Waals surface area contributed by atoms with Gasteiger partial charge >= 0.3 is 5.97 Å². The first-order chi connectivity index (χ1) is 10.5. The number of carbonyl (C=O) groups is 1. The Morgan fingerprint density at radius 2 is 1.48 bits per heavy atom. The second-order valence-corrected chi connectivity index (χ2v) is 8.07. The average Bonchev–Trinajstić information content (AvgIpc) is 2.46. The third-order valence-corrected chi connectivity index (χ3v) is 5.93. The maximum absolute atomic E-state index is 12.6. The molecule has 0 aliphatic heterocycles. The second-order valence-electron chi connectivity index (χ2n) is 4.76. The summed E-state index contributed by atoms with van der Waals surface area (Å²) in [6, 6.07) is 7.81. The second kappa shape index (κ2) is 5.76. The molecule has 0 unspecified atom stereocenters. The minimum Gasteiger partial charge on any atom is -0.478 e. The lowest BCUT2D eigenvalue weighted by Gasteiger charge is -2.10. The van der Waals surface area contributed by atoms with E-state index in [4.69, 9.17) is 5.11 Å². The molecule has 9 heteroatoms. The van der Waals surface area contributed by atoms with Crippen LogP contribution in [0.3, 0.4) is 0 Å². The molecule has 0 aromatic heterocycles. The Morgan fingerprint density at radius 3 is 1.96 bits per heavy atom. The number of carboxylic acid groups (broad SMARTS) is 1. The third kappa shape index (κ3) is 3.41. The van der Waals surface area contributed by atoms with Crippen molar-refractivity contribution in [1.29, 1.82) is 0 Å². The molecule has 0 aliphatic carbocycles. The van der Waals surface area contributed by atoms with Gasteiger partial charge in [0.15, 0.2) is 0 Å². The van der Waals surface area contributed by atoms with Gasteiger partial charge in [-0.3, -0.25) is 4.55 Å². The predicted molar refractivity (Wildman–Crippen MR) is 79.8 cm³/mol. The molecule has 0 aliphatic rings. The van der Waals surface area contributed by atoms with Gasteiger partial charge in [-0.15, -0.1) is 0 Å². The van der Waals surface area contributed by atoms with Gasteiger partial charge < -0.3 is 5.11 Å². The van der Waals surface area contributed by atoms with Gasteiger partial charge in [0.25, 0.3) is 10.1 Å². The van der Waals surface area contributed by atoms with Crippen molar-refractivity contribution in [2.75, 3.05) is 0 Å². The van der Waals surface area contributed by atoms with Crippen LogP contribution in [0.2, 0.25) is 0 Å². The lowest BCUT2D eigenvalue weighted by molar-refractivity contribution is 0.0696. The SMILES string of the molecule is Cc1ccc(S(=O)(=O)O)c(S(=O)(=O)c2ccc(C(=O)O)cc2)c1. The van der Waals surface area contributed by atoms with Gasteiger partial charge in [0, 0.05) is 0 Å². The normalized spacial score (nSPS) is 12.1. The molecule has 7 nitrogen and oxygen atoms in total. The zero-order valence-corrected chi connectivity index (χ0v) is 13.4.